The molecule has 14 nitrogen and oxygen atoms in total. The molecule has 0 radical (unpaired) electrons. The van der Waals surface area contributed by atoms with Crippen molar-refractivity contribution in [3.8, 4) is 0 Å². The number of likely N-dealkylation sites (tertiary alicyclic amines) is 3. The van der Waals surface area contributed by atoms with E-state index in [1.165, 1.54) is 19.3 Å². The Balaban J connectivity index is 0.000000174. The first-order valence-corrected chi connectivity index (χ1v) is 26.9. The quantitative estimate of drug-likeness (QED) is 0.102. The number of benzene rings is 2. The van der Waals surface area contributed by atoms with Crippen molar-refractivity contribution in [2.24, 2.45) is 40.2 Å². The van der Waals surface area contributed by atoms with Gasteiger partial charge < -0.3 is 44.1 Å². The largest absolute Gasteiger partial charge is 0.460 e. The van der Waals surface area contributed by atoms with Gasteiger partial charge in [-0.05, 0) is 179 Å². The molecule has 2 N–H and O–H groups in total. The Morgan fingerprint density at radius 1 is 0.583 bits per heavy atom. The Bertz CT molecular complexity index is 2100. The lowest BCUT2D eigenvalue weighted by Gasteiger charge is -2.72. The maximum absolute atomic E-state index is 12.7. The number of rotatable bonds is 15. The molecule has 3 heterocycles. The van der Waals surface area contributed by atoms with E-state index in [2.05, 4.69) is 4.90 Å². The summed E-state index contributed by atoms with van der Waals surface area (Å²) in [5.41, 5.74) is 6.92. The van der Waals surface area contributed by atoms with Gasteiger partial charge in [0.1, 0.15) is 37.0 Å². The summed E-state index contributed by atoms with van der Waals surface area (Å²) in [6, 6.07) is 19.7. The van der Waals surface area contributed by atoms with Crippen LogP contribution in [0.25, 0.3) is 0 Å². The third kappa shape index (κ3) is 14.3. The third-order valence-corrected chi connectivity index (χ3v) is 16.4. The number of nitrogens with two attached hydrogens (primary N) is 1. The lowest BCUT2D eigenvalue weighted by atomic mass is 9.38. The molecule has 0 atom stereocenters. The maximum Gasteiger partial charge on any atom is 0.410 e. The monoisotopic (exact) mass is 997 g/mol. The zero-order valence-corrected chi connectivity index (χ0v) is 44.2. The molecule has 4 bridgehead atoms. The molecule has 9 aliphatic rings. The average molecular weight is 997 g/mol. The van der Waals surface area contributed by atoms with Gasteiger partial charge in [0, 0.05) is 50.1 Å². The van der Waals surface area contributed by atoms with Crippen molar-refractivity contribution in [2.45, 2.75) is 180 Å². The van der Waals surface area contributed by atoms with Gasteiger partial charge in [-0.3, -0.25) is 14.5 Å². The summed E-state index contributed by atoms with van der Waals surface area (Å²) < 4.78 is 21.9. The summed E-state index contributed by atoms with van der Waals surface area (Å²) in [6.45, 7) is 17.5. The predicted molar refractivity (Wildman–Crippen MR) is 274 cm³/mol. The molecular weight excluding hydrogens is 913 g/mol. The van der Waals surface area contributed by atoms with Gasteiger partial charge in [-0.1, -0.05) is 60.7 Å². The van der Waals surface area contributed by atoms with Crippen molar-refractivity contribution < 1.29 is 47.7 Å². The molecule has 6 aliphatic carbocycles. The SMILES string of the molecule is CC(C)(C)OC(=O)N1CCC(CC(CC=O)CC=O)CC1.CC(C)(C)OC(=O)N1CCC(CC2CCN(C34CC(C(=O)OCc5ccccc5)(C3)C4)CC2)CC1.NC12CC(C(=O)OCc3ccccc3)(C1)C2. The lowest BCUT2D eigenvalue weighted by molar-refractivity contribution is -0.240. The van der Waals surface area contributed by atoms with Gasteiger partial charge in [-0.15, -0.1) is 0 Å². The number of carbonyl (C=O) groups is 6. The minimum Gasteiger partial charge on any atom is -0.460 e. The lowest BCUT2D eigenvalue weighted by Crippen LogP contribution is -2.77. The van der Waals surface area contributed by atoms with E-state index in [0.717, 1.165) is 132 Å². The van der Waals surface area contributed by atoms with Crippen molar-refractivity contribution in [1.82, 2.24) is 14.7 Å². The number of ether oxygens (including phenoxy) is 4. The van der Waals surface area contributed by atoms with Gasteiger partial charge in [0.2, 0.25) is 0 Å². The number of piperidine rings is 3. The van der Waals surface area contributed by atoms with Gasteiger partial charge >= 0.3 is 24.1 Å². The van der Waals surface area contributed by atoms with Crippen LogP contribution in [0.1, 0.15) is 155 Å². The second-order valence-corrected chi connectivity index (χ2v) is 24.7. The Labute approximate surface area is 428 Å². The second-order valence-electron chi connectivity index (χ2n) is 24.7. The molecule has 14 heteroatoms. The van der Waals surface area contributed by atoms with E-state index < -0.39 is 11.2 Å². The summed E-state index contributed by atoms with van der Waals surface area (Å²) in [5, 5.41) is 0. The van der Waals surface area contributed by atoms with E-state index >= 15 is 0 Å². The zero-order chi connectivity index (χ0) is 51.8. The smallest absolute Gasteiger partial charge is 0.410 e. The molecule has 3 saturated heterocycles. The van der Waals surface area contributed by atoms with Gasteiger partial charge in [0.15, 0.2) is 0 Å². The van der Waals surface area contributed by atoms with Crippen LogP contribution in [0.5, 0.6) is 0 Å². The standard InChI is InChI=1S/C29H42N2O4.C16H27NO4.C13H15NO2/c1-27(2,3)35-26(33)30-13-9-22(10-14-30)17-23-11-15-31(16-12-23)29-19-28(20-29,21-29)25(32)34-18-24-7-5-4-6-8-24;1-16(2,3)21-15(20)17-8-4-13(5-9-17)12-14(6-10-18)7-11-19;14-13-7-12(8-13,9-13)11(15)16-6-10-4-2-1-3-5-10/h4-8,22-23H,9-21H2,1-3H3;10-11,13-14H,4-9,12H2,1-3H3;1-5H,6-9,14H2. The van der Waals surface area contributed by atoms with Crippen molar-refractivity contribution in [3.05, 3.63) is 71.8 Å². The molecule has 2 aromatic carbocycles. The minimum atomic E-state index is -0.465. The Morgan fingerprint density at radius 3 is 1.33 bits per heavy atom. The third-order valence-electron chi connectivity index (χ3n) is 16.4. The van der Waals surface area contributed by atoms with Gasteiger partial charge in [0.05, 0.1) is 10.8 Å². The molecule has 6 saturated carbocycles. The summed E-state index contributed by atoms with van der Waals surface area (Å²) >= 11 is 0. The fourth-order valence-electron chi connectivity index (χ4n) is 12.6. The van der Waals surface area contributed by atoms with E-state index in [4.69, 9.17) is 24.7 Å². The average Bonchev–Trinajstić information content (AvgIpc) is 3.29. The highest BCUT2D eigenvalue weighted by molar-refractivity contribution is 5.82. The Hall–Kier alpha value is -4.82. The van der Waals surface area contributed by atoms with E-state index in [1.54, 1.807) is 4.90 Å². The molecule has 0 aromatic heterocycles. The van der Waals surface area contributed by atoms with Crippen molar-refractivity contribution >= 4 is 36.7 Å². The number of esters is 2. The van der Waals surface area contributed by atoms with Crippen LogP contribution in [0, 0.1) is 34.5 Å². The van der Waals surface area contributed by atoms with Crippen LogP contribution >= 0.6 is 0 Å². The summed E-state index contributed by atoms with van der Waals surface area (Å²) in [7, 11) is 0. The summed E-state index contributed by atoms with van der Waals surface area (Å²) in [5.74, 6) is 2.09. The van der Waals surface area contributed by atoms with Crippen molar-refractivity contribution in [3.63, 3.8) is 0 Å². The molecular formula is C58H84N4O10. The molecule has 0 spiro atoms. The van der Waals surface area contributed by atoms with Crippen molar-refractivity contribution in [1.29, 1.82) is 0 Å². The summed E-state index contributed by atoms with van der Waals surface area (Å²) in [6.07, 6.45) is 16.4. The second kappa shape index (κ2) is 23.2. The predicted octanol–water partition coefficient (Wildman–Crippen LogP) is 9.83. The van der Waals surface area contributed by atoms with Crippen LogP contribution in [-0.4, -0.2) is 113 Å². The highest BCUT2D eigenvalue weighted by atomic mass is 16.6. The van der Waals surface area contributed by atoms with Gasteiger partial charge in [-0.2, -0.15) is 0 Å². The number of carbonyl (C=O) groups excluding carboxylic acids is 6. The Kier molecular flexibility index (Phi) is 17.7. The fraction of sp³-hybridized carbons (Fsp3) is 0.690. The number of hydrogen-bond acceptors (Lipinski definition) is 12. The topological polar surface area (TPSA) is 175 Å². The highest BCUT2D eigenvalue weighted by Crippen LogP contribution is 2.71. The first-order chi connectivity index (χ1) is 34.1. The minimum absolute atomic E-state index is 0.0100. The van der Waals surface area contributed by atoms with Crippen LogP contribution in [0.15, 0.2) is 60.7 Å². The molecule has 72 heavy (non-hydrogen) atoms. The number of hydrogen-bond donors (Lipinski definition) is 1. The highest BCUT2D eigenvalue weighted by Gasteiger charge is 2.74. The normalized spacial score (nSPS) is 27.1. The van der Waals surface area contributed by atoms with E-state index in [-0.39, 0.29) is 52.0 Å². The molecule has 2 aromatic rings. The maximum atomic E-state index is 12.7. The van der Waals surface area contributed by atoms with E-state index in [0.29, 0.717) is 45.1 Å². The molecule has 2 amide bonds. The number of aldehydes is 2. The van der Waals surface area contributed by atoms with Gasteiger partial charge in [0.25, 0.3) is 0 Å². The zero-order valence-electron chi connectivity index (χ0n) is 44.2. The van der Waals surface area contributed by atoms with Crippen LogP contribution in [0.2, 0.25) is 0 Å². The van der Waals surface area contributed by atoms with Crippen molar-refractivity contribution in [2.75, 3.05) is 39.3 Å². The first-order valence-electron chi connectivity index (χ1n) is 26.9. The van der Waals surface area contributed by atoms with Crippen LogP contribution in [0.3, 0.4) is 0 Å². The van der Waals surface area contributed by atoms with Gasteiger partial charge in [-0.25, -0.2) is 9.59 Å². The van der Waals surface area contributed by atoms with Crippen LogP contribution < -0.4 is 5.73 Å². The van der Waals surface area contributed by atoms with Crippen LogP contribution in [-0.2, 0) is 51.3 Å². The van der Waals surface area contributed by atoms with E-state index in [1.807, 2.05) is 107 Å². The fourth-order valence-corrected chi connectivity index (χ4v) is 12.6. The van der Waals surface area contributed by atoms with E-state index in [9.17, 15) is 28.8 Å². The summed E-state index contributed by atoms with van der Waals surface area (Å²) in [4.78, 5) is 76.4. The molecule has 396 valence electrons. The number of amides is 2. The molecule has 11 rings (SSSR count). The first kappa shape index (κ1) is 54.9. The Morgan fingerprint density at radius 2 is 0.958 bits per heavy atom. The van der Waals surface area contributed by atoms with Crippen LogP contribution in [0.4, 0.5) is 9.59 Å². The number of nitrogens with zero attached hydrogens (tertiary/aromatic N) is 3. The molecule has 3 aliphatic heterocycles. The molecule has 9 fully saturated rings. The molecule has 0 unspecified atom stereocenters.